The number of carbonyl (C=O) groups is 1. The molecule has 0 aliphatic carbocycles. The Morgan fingerprint density at radius 2 is 2.23 bits per heavy atom. The monoisotopic (exact) mass is 203 g/mol. The van der Waals surface area contributed by atoms with Crippen molar-refractivity contribution < 1.29 is 4.79 Å². The van der Waals surface area contributed by atoms with E-state index < -0.39 is 0 Å². The Hall–Kier alpha value is -0.680. The van der Waals surface area contributed by atoms with Gasteiger partial charge in [-0.2, -0.15) is 0 Å². The van der Waals surface area contributed by atoms with Crippen molar-refractivity contribution >= 4 is 23.1 Å². The highest BCUT2D eigenvalue weighted by Gasteiger charge is 2.14. The van der Waals surface area contributed by atoms with Crippen LogP contribution >= 0.6 is 12.2 Å². The number of thiocarbonyl (C=S) groups is 1. The largest absolute Gasteiger partial charge is 0.392 e. The van der Waals surface area contributed by atoms with Crippen molar-refractivity contribution in [3.05, 3.63) is 0 Å². The summed E-state index contributed by atoms with van der Waals surface area (Å²) < 4.78 is 0. The molecule has 0 aromatic heterocycles. The van der Waals surface area contributed by atoms with Gasteiger partial charge in [0.2, 0.25) is 5.91 Å². The predicted molar refractivity (Wildman–Crippen MR) is 57.6 cm³/mol. The van der Waals surface area contributed by atoms with Crippen molar-refractivity contribution in [3.63, 3.8) is 0 Å². The molecule has 0 aromatic rings. The van der Waals surface area contributed by atoms with Gasteiger partial charge in [0.05, 0.1) is 17.6 Å². The molecule has 0 saturated heterocycles. The number of rotatable bonds is 5. The first-order valence-electron chi connectivity index (χ1n) is 4.25. The Kier molecular flexibility index (Phi) is 5.57. The standard InChI is InChI=1S/C8H17N3OS/c1-4-10-7(12)5-11(3)6(2)8(9)13/h6H,4-5H2,1-3H3,(H2,9,13)(H,10,12). The van der Waals surface area contributed by atoms with Crippen LogP contribution < -0.4 is 11.1 Å². The van der Waals surface area contributed by atoms with Crippen LogP contribution in [0.3, 0.4) is 0 Å². The van der Waals surface area contributed by atoms with Crippen LogP contribution in [0.4, 0.5) is 0 Å². The highest BCUT2D eigenvalue weighted by Crippen LogP contribution is 1.94. The molecule has 0 saturated carbocycles. The zero-order valence-corrected chi connectivity index (χ0v) is 9.15. The zero-order valence-electron chi connectivity index (χ0n) is 8.33. The lowest BCUT2D eigenvalue weighted by Crippen LogP contribution is -2.44. The summed E-state index contributed by atoms with van der Waals surface area (Å²) in [6.45, 7) is 4.73. The van der Waals surface area contributed by atoms with Crippen molar-refractivity contribution in [1.29, 1.82) is 0 Å². The molecule has 0 aliphatic heterocycles. The molecule has 0 fully saturated rings. The molecule has 3 N–H and O–H groups in total. The molecule has 0 spiro atoms. The fourth-order valence-corrected chi connectivity index (χ4v) is 1.01. The third kappa shape index (κ3) is 4.80. The summed E-state index contributed by atoms with van der Waals surface area (Å²) in [5.74, 6) is -0.00639. The van der Waals surface area contributed by atoms with E-state index in [0.29, 0.717) is 18.1 Å². The molecule has 1 atom stereocenters. The molecule has 76 valence electrons. The van der Waals surface area contributed by atoms with E-state index >= 15 is 0 Å². The maximum absolute atomic E-state index is 11.1. The quantitative estimate of drug-likeness (QED) is 0.604. The van der Waals surface area contributed by atoms with Crippen LogP contribution in [-0.2, 0) is 4.79 Å². The summed E-state index contributed by atoms with van der Waals surface area (Å²) in [6, 6.07) is -0.0439. The Balaban J connectivity index is 3.92. The number of likely N-dealkylation sites (N-methyl/N-ethyl adjacent to an activating group) is 2. The number of nitrogens with two attached hydrogens (primary N) is 1. The van der Waals surface area contributed by atoms with Crippen LogP contribution in [0.5, 0.6) is 0 Å². The Labute approximate surface area is 84.5 Å². The number of hydrogen-bond acceptors (Lipinski definition) is 3. The van der Waals surface area contributed by atoms with Gasteiger partial charge < -0.3 is 11.1 Å². The number of nitrogens with zero attached hydrogens (tertiary/aromatic N) is 1. The zero-order chi connectivity index (χ0) is 10.4. The molecule has 0 aromatic carbocycles. The second-order valence-electron chi connectivity index (χ2n) is 2.95. The van der Waals surface area contributed by atoms with Gasteiger partial charge in [-0.05, 0) is 20.9 Å². The molecule has 5 heteroatoms. The molecule has 1 amide bonds. The highest BCUT2D eigenvalue weighted by molar-refractivity contribution is 7.80. The van der Waals surface area contributed by atoms with Crippen LogP contribution in [-0.4, -0.2) is 42.0 Å². The molecule has 0 bridgehead atoms. The minimum absolute atomic E-state index is 0.00639. The number of hydrogen-bond donors (Lipinski definition) is 2. The average Bonchev–Trinajstić information content (AvgIpc) is 2.03. The normalized spacial score (nSPS) is 12.6. The van der Waals surface area contributed by atoms with E-state index in [1.54, 1.807) is 0 Å². The topological polar surface area (TPSA) is 58.4 Å². The fraction of sp³-hybridized carbons (Fsp3) is 0.750. The molecule has 0 rings (SSSR count). The summed E-state index contributed by atoms with van der Waals surface area (Å²) in [6.07, 6.45) is 0. The number of amides is 1. The second-order valence-corrected chi connectivity index (χ2v) is 3.42. The van der Waals surface area contributed by atoms with E-state index in [2.05, 4.69) is 5.32 Å². The first-order chi connectivity index (χ1) is 5.99. The molecule has 0 radical (unpaired) electrons. The summed E-state index contributed by atoms with van der Waals surface area (Å²) in [5.41, 5.74) is 5.44. The number of carbonyl (C=O) groups excluding carboxylic acids is 1. The van der Waals surface area contributed by atoms with Gasteiger partial charge in [0.1, 0.15) is 0 Å². The molecule has 13 heavy (non-hydrogen) atoms. The van der Waals surface area contributed by atoms with Crippen molar-refractivity contribution in [2.45, 2.75) is 19.9 Å². The first-order valence-corrected chi connectivity index (χ1v) is 4.66. The average molecular weight is 203 g/mol. The third-order valence-electron chi connectivity index (χ3n) is 1.84. The van der Waals surface area contributed by atoms with Crippen LogP contribution in [0.25, 0.3) is 0 Å². The molecular weight excluding hydrogens is 186 g/mol. The van der Waals surface area contributed by atoms with Crippen molar-refractivity contribution in [3.8, 4) is 0 Å². The van der Waals surface area contributed by atoms with Crippen LogP contribution in [0.1, 0.15) is 13.8 Å². The van der Waals surface area contributed by atoms with Gasteiger partial charge >= 0.3 is 0 Å². The maximum Gasteiger partial charge on any atom is 0.234 e. The Morgan fingerprint density at radius 1 is 1.69 bits per heavy atom. The van der Waals surface area contributed by atoms with E-state index in [-0.39, 0.29) is 11.9 Å². The molecule has 1 unspecified atom stereocenters. The van der Waals surface area contributed by atoms with Crippen molar-refractivity contribution in [2.75, 3.05) is 20.1 Å². The minimum Gasteiger partial charge on any atom is -0.392 e. The fourth-order valence-electron chi connectivity index (χ4n) is 0.834. The lowest BCUT2D eigenvalue weighted by molar-refractivity contribution is -0.122. The van der Waals surface area contributed by atoms with Crippen molar-refractivity contribution in [2.24, 2.45) is 5.73 Å². The summed E-state index contributed by atoms with van der Waals surface area (Å²) >= 11 is 4.82. The minimum atomic E-state index is -0.0439. The molecule has 0 heterocycles. The Bertz CT molecular complexity index is 196. The van der Waals surface area contributed by atoms with Gasteiger partial charge in [-0.25, -0.2) is 0 Å². The van der Waals surface area contributed by atoms with E-state index in [4.69, 9.17) is 18.0 Å². The highest BCUT2D eigenvalue weighted by atomic mass is 32.1. The van der Waals surface area contributed by atoms with Crippen LogP contribution in [0.2, 0.25) is 0 Å². The summed E-state index contributed by atoms with van der Waals surface area (Å²) in [4.78, 5) is 13.4. The van der Waals surface area contributed by atoms with E-state index in [1.807, 2.05) is 25.8 Å². The molecular formula is C8H17N3OS. The molecule has 0 aliphatic rings. The van der Waals surface area contributed by atoms with Gasteiger partial charge in [0.25, 0.3) is 0 Å². The van der Waals surface area contributed by atoms with E-state index in [1.165, 1.54) is 0 Å². The van der Waals surface area contributed by atoms with Crippen molar-refractivity contribution in [1.82, 2.24) is 10.2 Å². The number of nitrogens with one attached hydrogen (secondary N) is 1. The van der Waals surface area contributed by atoms with Gasteiger partial charge in [0, 0.05) is 6.54 Å². The third-order valence-corrected chi connectivity index (χ3v) is 2.18. The molecule has 4 nitrogen and oxygen atoms in total. The lowest BCUT2D eigenvalue weighted by Gasteiger charge is -2.22. The predicted octanol–water partition coefficient (Wildman–Crippen LogP) is -0.271. The van der Waals surface area contributed by atoms with Gasteiger partial charge in [-0.3, -0.25) is 9.69 Å². The van der Waals surface area contributed by atoms with Gasteiger partial charge in [-0.1, -0.05) is 12.2 Å². The SMILES string of the molecule is CCNC(=O)CN(C)C(C)C(N)=S. The lowest BCUT2D eigenvalue weighted by atomic mass is 10.3. The summed E-state index contributed by atoms with van der Waals surface area (Å²) in [7, 11) is 1.82. The summed E-state index contributed by atoms with van der Waals surface area (Å²) in [5, 5.41) is 2.71. The van der Waals surface area contributed by atoms with Gasteiger partial charge in [-0.15, -0.1) is 0 Å². The van der Waals surface area contributed by atoms with E-state index in [0.717, 1.165) is 0 Å². The maximum atomic E-state index is 11.1. The second kappa shape index (κ2) is 5.88. The smallest absolute Gasteiger partial charge is 0.234 e. The van der Waals surface area contributed by atoms with E-state index in [9.17, 15) is 4.79 Å². The van der Waals surface area contributed by atoms with Crippen LogP contribution in [0.15, 0.2) is 0 Å². The van der Waals surface area contributed by atoms with Gasteiger partial charge in [0.15, 0.2) is 0 Å². The van der Waals surface area contributed by atoms with Crippen LogP contribution in [0, 0.1) is 0 Å². The first kappa shape index (κ1) is 12.3. The Morgan fingerprint density at radius 3 is 2.62 bits per heavy atom.